The molecule has 3 nitrogen and oxygen atoms in total. The van der Waals surface area contributed by atoms with Crippen LogP contribution in [0.1, 0.15) is 39.0 Å². The molecule has 1 aromatic rings. The van der Waals surface area contributed by atoms with Crippen LogP contribution in [-0.2, 0) is 6.54 Å². The molecule has 90 valence electrons. The molecule has 1 heterocycles. The fourth-order valence-corrected chi connectivity index (χ4v) is 2.63. The maximum Gasteiger partial charge on any atom is 0.0489 e. The van der Waals surface area contributed by atoms with E-state index in [4.69, 9.17) is 0 Å². The van der Waals surface area contributed by atoms with Gasteiger partial charge in [0.05, 0.1) is 0 Å². The van der Waals surface area contributed by atoms with Crippen LogP contribution in [0.3, 0.4) is 0 Å². The van der Waals surface area contributed by atoms with Crippen LogP contribution in [0, 0.1) is 5.92 Å². The lowest BCUT2D eigenvalue weighted by molar-refractivity contribution is 0.374. The summed E-state index contributed by atoms with van der Waals surface area (Å²) in [6, 6.07) is 2.68. The van der Waals surface area contributed by atoms with Crippen LogP contribution >= 0.6 is 0 Å². The second-order valence-corrected chi connectivity index (χ2v) is 4.91. The van der Waals surface area contributed by atoms with Crippen molar-refractivity contribution in [3.05, 3.63) is 18.5 Å². The van der Waals surface area contributed by atoms with Gasteiger partial charge in [-0.2, -0.15) is 5.10 Å². The molecule has 1 aliphatic carbocycles. The molecule has 16 heavy (non-hydrogen) atoms. The monoisotopic (exact) mass is 221 g/mol. The Balaban J connectivity index is 1.57. The van der Waals surface area contributed by atoms with Crippen molar-refractivity contribution in [2.45, 2.75) is 51.6 Å². The van der Waals surface area contributed by atoms with Crippen LogP contribution in [0.4, 0.5) is 0 Å². The third kappa shape index (κ3) is 3.34. The van der Waals surface area contributed by atoms with Gasteiger partial charge in [-0.1, -0.05) is 12.8 Å². The summed E-state index contributed by atoms with van der Waals surface area (Å²) < 4.78 is 2.00. The van der Waals surface area contributed by atoms with Gasteiger partial charge in [0.25, 0.3) is 0 Å². The van der Waals surface area contributed by atoms with E-state index in [1.54, 1.807) is 0 Å². The van der Waals surface area contributed by atoms with E-state index >= 15 is 0 Å². The highest BCUT2D eigenvalue weighted by molar-refractivity contribution is 4.78. The first-order valence-electron chi connectivity index (χ1n) is 6.57. The Morgan fingerprint density at radius 1 is 1.44 bits per heavy atom. The predicted octanol–water partition coefficient (Wildman–Crippen LogP) is 2.44. The minimum Gasteiger partial charge on any atom is -0.314 e. The topological polar surface area (TPSA) is 29.9 Å². The number of aryl methyl sites for hydroxylation is 1. The summed E-state index contributed by atoms with van der Waals surface area (Å²) in [6.07, 6.45) is 10.8. The Bertz CT molecular complexity index is 275. The van der Waals surface area contributed by atoms with E-state index in [1.165, 1.54) is 32.1 Å². The summed E-state index contributed by atoms with van der Waals surface area (Å²) in [5, 5.41) is 7.85. The van der Waals surface area contributed by atoms with E-state index < -0.39 is 0 Å². The maximum atomic E-state index is 4.20. The van der Waals surface area contributed by atoms with Gasteiger partial charge in [-0.3, -0.25) is 4.68 Å². The number of rotatable bonds is 6. The Morgan fingerprint density at radius 3 is 2.94 bits per heavy atom. The van der Waals surface area contributed by atoms with Crippen molar-refractivity contribution >= 4 is 0 Å². The van der Waals surface area contributed by atoms with Crippen LogP contribution in [-0.4, -0.2) is 22.4 Å². The molecular weight excluding hydrogens is 198 g/mol. The average Bonchev–Trinajstić information content (AvgIpc) is 2.96. The highest BCUT2D eigenvalue weighted by Gasteiger charge is 2.20. The Kier molecular flexibility index (Phi) is 4.40. The number of hydrogen-bond donors (Lipinski definition) is 1. The van der Waals surface area contributed by atoms with Gasteiger partial charge in [0.1, 0.15) is 0 Å². The molecule has 0 aromatic carbocycles. The van der Waals surface area contributed by atoms with E-state index in [-0.39, 0.29) is 0 Å². The van der Waals surface area contributed by atoms with Crippen LogP contribution < -0.4 is 5.32 Å². The van der Waals surface area contributed by atoms with Gasteiger partial charge in [-0.15, -0.1) is 0 Å². The third-order valence-corrected chi connectivity index (χ3v) is 3.70. The molecule has 1 saturated carbocycles. The molecule has 0 bridgehead atoms. The smallest absolute Gasteiger partial charge is 0.0489 e. The molecule has 1 atom stereocenters. The van der Waals surface area contributed by atoms with Crippen molar-refractivity contribution in [1.29, 1.82) is 0 Å². The van der Waals surface area contributed by atoms with Gasteiger partial charge in [0.15, 0.2) is 0 Å². The van der Waals surface area contributed by atoms with Crippen molar-refractivity contribution in [2.75, 3.05) is 6.54 Å². The Labute approximate surface area is 98.2 Å². The molecule has 1 aromatic heterocycles. The Hall–Kier alpha value is -0.830. The molecule has 3 heteroatoms. The molecule has 0 amide bonds. The van der Waals surface area contributed by atoms with Crippen LogP contribution in [0.25, 0.3) is 0 Å². The van der Waals surface area contributed by atoms with Gasteiger partial charge >= 0.3 is 0 Å². The molecule has 0 radical (unpaired) electrons. The number of hydrogen-bond acceptors (Lipinski definition) is 2. The van der Waals surface area contributed by atoms with Crippen LogP contribution in [0.15, 0.2) is 18.5 Å². The largest absolute Gasteiger partial charge is 0.314 e. The third-order valence-electron chi connectivity index (χ3n) is 3.70. The van der Waals surface area contributed by atoms with Crippen molar-refractivity contribution in [3.63, 3.8) is 0 Å². The lowest BCUT2D eigenvalue weighted by Crippen LogP contribution is -2.33. The van der Waals surface area contributed by atoms with Gasteiger partial charge in [0, 0.05) is 25.0 Å². The fraction of sp³-hybridized carbons (Fsp3) is 0.769. The van der Waals surface area contributed by atoms with Crippen molar-refractivity contribution in [3.8, 4) is 0 Å². The van der Waals surface area contributed by atoms with Gasteiger partial charge < -0.3 is 5.32 Å². The highest BCUT2D eigenvalue weighted by Crippen LogP contribution is 2.27. The second-order valence-electron chi connectivity index (χ2n) is 4.91. The molecule has 1 aliphatic rings. The van der Waals surface area contributed by atoms with E-state index in [0.29, 0.717) is 6.04 Å². The minimum absolute atomic E-state index is 0.695. The molecule has 2 rings (SSSR count). The van der Waals surface area contributed by atoms with Crippen molar-refractivity contribution < 1.29 is 0 Å². The minimum atomic E-state index is 0.695. The molecule has 0 aliphatic heterocycles. The van der Waals surface area contributed by atoms with Gasteiger partial charge in [0.2, 0.25) is 0 Å². The van der Waals surface area contributed by atoms with Crippen LogP contribution in [0.5, 0.6) is 0 Å². The van der Waals surface area contributed by atoms with Crippen molar-refractivity contribution in [1.82, 2.24) is 15.1 Å². The maximum absolute atomic E-state index is 4.20. The Morgan fingerprint density at radius 2 is 2.25 bits per heavy atom. The normalized spacial score (nSPS) is 19.1. The van der Waals surface area contributed by atoms with Gasteiger partial charge in [-0.05, 0) is 44.7 Å². The molecule has 1 N–H and O–H groups in total. The lowest BCUT2D eigenvalue weighted by Gasteiger charge is -2.20. The van der Waals surface area contributed by atoms with Crippen LogP contribution in [0.2, 0.25) is 0 Å². The zero-order valence-electron chi connectivity index (χ0n) is 10.2. The predicted molar refractivity (Wildman–Crippen MR) is 66.3 cm³/mol. The number of aromatic nitrogens is 2. The summed E-state index contributed by atoms with van der Waals surface area (Å²) >= 11 is 0. The molecule has 0 saturated heterocycles. The SMILES string of the molecule is CC(NCCCn1cccn1)C1CCCC1. The van der Waals surface area contributed by atoms with E-state index in [1.807, 2.05) is 23.1 Å². The standard InChI is InChI=1S/C13H23N3/c1-12(13-6-2-3-7-13)14-8-4-10-16-11-5-9-15-16/h5,9,11-14H,2-4,6-8,10H2,1H3. The zero-order chi connectivity index (χ0) is 11.2. The van der Waals surface area contributed by atoms with E-state index in [0.717, 1.165) is 19.0 Å². The first-order valence-corrected chi connectivity index (χ1v) is 6.57. The number of nitrogens with one attached hydrogen (secondary N) is 1. The second kappa shape index (κ2) is 6.04. The van der Waals surface area contributed by atoms with Gasteiger partial charge in [-0.25, -0.2) is 0 Å². The zero-order valence-corrected chi connectivity index (χ0v) is 10.2. The average molecular weight is 221 g/mol. The molecule has 1 fully saturated rings. The summed E-state index contributed by atoms with van der Waals surface area (Å²) in [5.41, 5.74) is 0. The van der Waals surface area contributed by atoms with Crippen molar-refractivity contribution in [2.24, 2.45) is 5.92 Å². The number of nitrogens with zero attached hydrogens (tertiary/aromatic N) is 2. The molecule has 1 unspecified atom stereocenters. The summed E-state index contributed by atoms with van der Waals surface area (Å²) in [6.45, 7) is 4.47. The first kappa shape index (κ1) is 11.6. The summed E-state index contributed by atoms with van der Waals surface area (Å²) in [5.74, 6) is 0.921. The summed E-state index contributed by atoms with van der Waals surface area (Å²) in [4.78, 5) is 0. The quantitative estimate of drug-likeness (QED) is 0.748. The highest BCUT2D eigenvalue weighted by atomic mass is 15.3. The van der Waals surface area contributed by atoms with E-state index in [9.17, 15) is 0 Å². The summed E-state index contributed by atoms with van der Waals surface area (Å²) in [7, 11) is 0. The molecular formula is C13H23N3. The van der Waals surface area contributed by atoms with E-state index in [2.05, 4.69) is 17.3 Å². The fourth-order valence-electron chi connectivity index (χ4n) is 2.63. The molecule has 0 spiro atoms. The first-order chi connectivity index (χ1) is 7.86. The lowest BCUT2D eigenvalue weighted by atomic mass is 10.00.